The van der Waals surface area contributed by atoms with Gasteiger partial charge >= 0.3 is 0 Å². The maximum absolute atomic E-state index is 9.04. The number of nitriles is 1. The second-order valence-electron chi connectivity index (χ2n) is 3.45. The second kappa shape index (κ2) is 4.05. The van der Waals surface area contributed by atoms with Gasteiger partial charge in [-0.3, -0.25) is 0 Å². The SMILES string of the molecule is CNc1nc(N(C)C)c(C#N)c(C)c1N. The van der Waals surface area contributed by atoms with Gasteiger partial charge in [-0.05, 0) is 12.5 Å². The summed E-state index contributed by atoms with van der Waals surface area (Å²) in [6.45, 7) is 1.82. The Morgan fingerprint density at radius 3 is 2.47 bits per heavy atom. The summed E-state index contributed by atoms with van der Waals surface area (Å²) in [5.74, 6) is 1.24. The summed E-state index contributed by atoms with van der Waals surface area (Å²) in [6.07, 6.45) is 0. The van der Waals surface area contributed by atoms with Gasteiger partial charge in [0.25, 0.3) is 0 Å². The van der Waals surface area contributed by atoms with Gasteiger partial charge in [-0.2, -0.15) is 5.26 Å². The third-order valence-electron chi connectivity index (χ3n) is 2.25. The molecule has 5 nitrogen and oxygen atoms in total. The Morgan fingerprint density at radius 2 is 2.07 bits per heavy atom. The van der Waals surface area contributed by atoms with E-state index in [4.69, 9.17) is 11.0 Å². The van der Waals surface area contributed by atoms with Crippen molar-refractivity contribution in [1.29, 1.82) is 5.26 Å². The zero-order chi connectivity index (χ0) is 11.6. The van der Waals surface area contributed by atoms with Crippen molar-refractivity contribution >= 4 is 17.3 Å². The van der Waals surface area contributed by atoms with E-state index in [1.807, 2.05) is 21.0 Å². The van der Waals surface area contributed by atoms with Crippen LogP contribution in [0.2, 0.25) is 0 Å². The molecule has 0 saturated heterocycles. The molecule has 0 spiro atoms. The van der Waals surface area contributed by atoms with Crippen molar-refractivity contribution in [3.63, 3.8) is 0 Å². The molecule has 80 valence electrons. The Labute approximate surface area is 89.5 Å². The van der Waals surface area contributed by atoms with Crippen molar-refractivity contribution in [2.75, 3.05) is 37.1 Å². The lowest BCUT2D eigenvalue weighted by Crippen LogP contribution is -2.15. The van der Waals surface area contributed by atoms with Crippen LogP contribution in [-0.2, 0) is 0 Å². The molecule has 1 rings (SSSR count). The minimum atomic E-state index is 0.525. The van der Waals surface area contributed by atoms with E-state index in [-0.39, 0.29) is 0 Å². The van der Waals surface area contributed by atoms with Crippen LogP contribution in [0.15, 0.2) is 0 Å². The molecule has 0 radical (unpaired) electrons. The van der Waals surface area contributed by atoms with E-state index in [1.54, 1.807) is 11.9 Å². The number of nitrogens with one attached hydrogen (secondary N) is 1. The number of rotatable bonds is 2. The van der Waals surface area contributed by atoms with Crippen LogP contribution >= 0.6 is 0 Å². The standard InChI is InChI=1S/C10H15N5/c1-6-7(5-11)10(15(3)4)14-9(13-2)8(6)12/h12H2,1-4H3,(H,13,14). The first-order chi connectivity index (χ1) is 7.02. The second-order valence-corrected chi connectivity index (χ2v) is 3.45. The summed E-state index contributed by atoms with van der Waals surface area (Å²) in [4.78, 5) is 6.09. The van der Waals surface area contributed by atoms with E-state index >= 15 is 0 Å². The van der Waals surface area contributed by atoms with E-state index in [1.165, 1.54) is 0 Å². The molecule has 0 fully saturated rings. The van der Waals surface area contributed by atoms with Crippen molar-refractivity contribution in [2.24, 2.45) is 0 Å². The van der Waals surface area contributed by atoms with Gasteiger partial charge in [0, 0.05) is 21.1 Å². The highest BCUT2D eigenvalue weighted by Crippen LogP contribution is 2.29. The Kier molecular flexibility index (Phi) is 3.00. The molecule has 5 heteroatoms. The van der Waals surface area contributed by atoms with Crippen LogP contribution in [0.1, 0.15) is 11.1 Å². The highest BCUT2D eigenvalue weighted by molar-refractivity contribution is 5.74. The first kappa shape index (κ1) is 11.1. The molecule has 3 N–H and O–H groups in total. The molecule has 0 saturated carbocycles. The fourth-order valence-corrected chi connectivity index (χ4v) is 1.35. The molecule has 0 amide bonds. The van der Waals surface area contributed by atoms with Gasteiger partial charge in [0.05, 0.1) is 11.3 Å². The maximum atomic E-state index is 9.04. The van der Waals surface area contributed by atoms with Crippen molar-refractivity contribution in [2.45, 2.75) is 6.92 Å². The molecule has 1 heterocycles. The van der Waals surface area contributed by atoms with Crippen LogP contribution in [0.4, 0.5) is 17.3 Å². The Bertz CT molecular complexity index is 417. The van der Waals surface area contributed by atoms with Gasteiger partial charge in [0.2, 0.25) is 0 Å². The van der Waals surface area contributed by atoms with Crippen molar-refractivity contribution in [1.82, 2.24) is 4.98 Å². The Morgan fingerprint density at radius 1 is 1.47 bits per heavy atom. The largest absolute Gasteiger partial charge is 0.395 e. The van der Waals surface area contributed by atoms with E-state index in [0.29, 0.717) is 22.9 Å². The van der Waals surface area contributed by atoms with E-state index in [9.17, 15) is 0 Å². The summed E-state index contributed by atoms with van der Waals surface area (Å²) >= 11 is 0. The van der Waals surface area contributed by atoms with E-state index in [0.717, 1.165) is 5.56 Å². The quantitative estimate of drug-likeness (QED) is 0.751. The number of nitrogen functional groups attached to an aromatic ring is 1. The number of pyridine rings is 1. The minimum Gasteiger partial charge on any atom is -0.395 e. The summed E-state index contributed by atoms with van der Waals surface area (Å²) in [5, 5.41) is 12.0. The van der Waals surface area contributed by atoms with Crippen molar-refractivity contribution in [3.8, 4) is 6.07 Å². The molecule has 0 aliphatic carbocycles. The lowest BCUT2D eigenvalue weighted by Gasteiger charge is -2.17. The zero-order valence-corrected chi connectivity index (χ0v) is 9.42. The van der Waals surface area contributed by atoms with Gasteiger partial charge in [-0.1, -0.05) is 0 Å². The Balaban J connectivity index is 3.53. The van der Waals surface area contributed by atoms with Crippen LogP contribution in [0.25, 0.3) is 0 Å². The Hall–Kier alpha value is -1.96. The molecular formula is C10H15N5. The zero-order valence-electron chi connectivity index (χ0n) is 9.42. The van der Waals surface area contributed by atoms with Crippen LogP contribution in [0, 0.1) is 18.3 Å². The van der Waals surface area contributed by atoms with Crippen LogP contribution < -0.4 is 16.0 Å². The average Bonchev–Trinajstić information content (AvgIpc) is 2.21. The maximum Gasteiger partial charge on any atom is 0.151 e. The predicted octanol–water partition coefficient (Wildman–Crippen LogP) is 0.952. The lowest BCUT2D eigenvalue weighted by molar-refractivity contribution is 1.05. The van der Waals surface area contributed by atoms with Crippen LogP contribution in [0.3, 0.4) is 0 Å². The molecule has 0 bridgehead atoms. The summed E-state index contributed by atoms with van der Waals surface area (Å²) in [7, 11) is 5.44. The highest BCUT2D eigenvalue weighted by Gasteiger charge is 2.15. The van der Waals surface area contributed by atoms with Gasteiger partial charge in [0.15, 0.2) is 5.82 Å². The third-order valence-corrected chi connectivity index (χ3v) is 2.25. The minimum absolute atomic E-state index is 0.525. The average molecular weight is 205 g/mol. The topological polar surface area (TPSA) is 78.0 Å². The molecule has 0 aromatic carbocycles. The first-order valence-corrected chi connectivity index (χ1v) is 4.58. The molecule has 0 aliphatic heterocycles. The lowest BCUT2D eigenvalue weighted by atomic mass is 10.1. The van der Waals surface area contributed by atoms with Crippen molar-refractivity contribution < 1.29 is 0 Å². The number of anilines is 3. The van der Waals surface area contributed by atoms with Gasteiger partial charge < -0.3 is 16.0 Å². The highest BCUT2D eigenvalue weighted by atomic mass is 15.2. The van der Waals surface area contributed by atoms with Gasteiger partial charge in [0.1, 0.15) is 11.9 Å². The summed E-state index contributed by atoms with van der Waals surface area (Å²) < 4.78 is 0. The molecule has 0 unspecified atom stereocenters. The fraction of sp³-hybridized carbons (Fsp3) is 0.400. The smallest absolute Gasteiger partial charge is 0.151 e. The molecule has 0 atom stereocenters. The molecule has 1 aromatic rings. The van der Waals surface area contributed by atoms with Crippen molar-refractivity contribution in [3.05, 3.63) is 11.1 Å². The number of hydrogen-bond acceptors (Lipinski definition) is 5. The van der Waals surface area contributed by atoms with Gasteiger partial charge in [-0.25, -0.2) is 4.98 Å². The van der Waals surface area contributed by atoms with Gasteiger partial charge in [-0.15, -0.1) is 0 Å². The molecule has 0 aliphatic rings. The number of nitrogens with two attached hydrogens (primary N) is 1. The predicted molar refractivity (Wildman–Crippen MR) is 62.0 cm³/mol. The monoisotopic (exact) mass is 205 g/mol. The molecule has 1 aromatic heterocycles. The van der Waals surface area contributed by atoms with E-state index in [2.05, 4.69) is 16.4 Å². The number of hydrogen-bond donors (Lipinski definition) is 2. The summed E-state index contributed by atoms with van der Waals surface area (Å²) in [6, 6.07) is 2.13. The molecular weight excluding hydrogens is 190 g/mol. The third kappa shape index (κ3) is 1.79. The normalized spacial score (nSPS) is 9.53. The molecule has 15 heavy (non-hydrogen) atoms. The van der Waals surface area contributed by atoms with Crippen LogP contribution in [-0.4, -0.2) is 26.1 Å². The number of nitrogens with zero attached hydrogens (tertiary/aromatic N) is 3. The summed E-state index contributed by atoms with van der Waals surface area (Å²) in [5.41, 5.74) is 7.66. The number of aromatic nitrogens is 1. The fourth-order valence-electron chi connectivity index (χ4n) is 1.35. The van der Waals surface area contributed by atoms with Crippen LogP contribution in [0.5, 0.6) is 0 Å². The van der Waals surface area contributed by atoms with E-state index < -0.39 is 0 Å². The first-order valence-electron chi connectivity index (χ1n) is 4.58.